The van der Waals surface area contributed by atoms with E-state index in [2.05, 4.69) is 0 Å². The molecule has 1 aliphatic heterocycles. The first-order valence-electron chi connectivity index (χ1n) is 5.36. The molecule has 110 valence electrons. The molecule has 0 saturated carbocycles. The number of amides is 1. The van der Waals surface area contributed by atoms with Crippen molar-refractivity contribution in [3.8, 4) is 0 Å². The summed E-state index contributed by atoms with van der Waals surface area (Å²) in [4.78, 5) is 22.8. The van der Waals surface area contributed by atoms with Crippen LogP contribution in [-0.2, 0) is 19.1 Å². The van der Waals surface area contributed by atoms with Crippen molar-refractivity contribution in [3.63, 3.8) is 0 Å². The van der Waals surface area contributed by atoms with E-state index in [0.29, 0.717) is 4.90 Å². The number of ether oxygens (including phenoxy) is 2. The van der Waals surface area contributed by atoms with E-state index in [4.69, 9.17) is 14.6 Å². The van der Waals surface area contributed by atoms with Crippen LogP contribution in [0, 0.1) is 0 Å². The van der Waals surface area contributed by atoms with Crippen LogP contribution in [0.2, 0.25) is 0 Å². The van der Waals surface area contributed by atoms with Crippen LogP contribution < -0.4 is 0 Å². The Balaban J connectivity index is 2.93. The molecule has 1 aliphatic rings. The van der Waals surface area contributed by atoms with E-state index in [0.717, 1.165) is 14.2 Å². The van der Waals surface area contributed by atoms with E-state index in [1.54, 1.807) is 0 Å². The molecule has 1 N–H and O–H groups in total. The lowest BCUT2D eigenvalue weighted by atomic mass is 9.88. The molecule has 19 heavy (non-hydrogen) atoms. The Kier molecular flexibility index (Phi) is 4.41. The quantitative estimate of drug-likeness (QED) is 0.805. The van der Waals surface area contributed by atoms with Gasteiger partial charge in [-0.2, -0.15) is 13.2 Å². The normalized spacial score (nSPS) is 28.3. The highest BCUT2D eigenvalue weighted by molar-refractivity contribution is 5.83. The highest BCUT2D eigenvalue weighted by Crippen LogP contribution is 2.30. The second kappa shape index (κ2) is 5.33. The number of nitrogens with zero attached hydrogens (tertiary/aromatic N) is 1. The van der Waals surface area contributed by atoms with Crippen LogP contribution in [0.3, 0.4) is 0 Å². The minimum absolute atomic E-state index is 0.279. The summed E-state index contributed by atoms with van der Waals surface area (Å²) in [7, 11) is 2.30. The molecule has 9 heteroatoms. The summed E-state index contributed by atoms with van der Waals surface area (Å²) in [5.41, 5.74) is -1.74. The lowest BCUT2D eigenvalue weighted by molar-refractivity contribution is -0.207. The predicted octanol–water partition coefficient (Wildman–Crippen LogP) is 0.266. The maximum absolute atomic E-state index is 12.3. The zero-order valence-corrected chi connectivity index (χ0v) is 10.4. The summed E-state index contributed by atoms with van der Waals surface area (Å²) < 4.78 is 46.8. The molecule has 0 aliphatic carbocycles. The molecule has 2 atom stereocenters. The fraction of sp³-hybridized carbons (Fsp3) is 0.800. The molecule has 0 unspecified atom stereocenters. The summed E-state index contributed by atoms with van der Waals surface area (Å²) in [6.07, 6.45) is -6.44. The second-order valence-corrected chi connectivity index (χ2v) is 4.12. The van der Waals surface area contributed by atoms with Gasteiger partial charge in [-0.3, -0.25) is 4.79 Å². The predicted molar refractivity (Wildman–Crippen MR) is 55.4 cm³/mol. The van der Waals surface area contributed by atoms with E-state index < -0.39 is 36.3 Å². The number of hydrogen-bond acceptors (Lipinski definition) is 4. The number of hydrogen-bond donors (Lipinski definition) is 1. The molecule has 1 amide bonds. The van der Waals surface area contributed by atoms with E-state index in [-0.39, 0.29) is 13.0 Å². The smallest absolute Gasteiger partial charge is 0.471 e. The maximum Gasteiger partial charge on any atom is 0.471 e. The number of carbonyl (C=O) groups is 2. The topological polar surface area (TPSA) is 76.1 Å². The summed E-state index contributed by atoms with van der Waals surface area (Å²) in [6.45, 7) is -0.854. The van der Waals surface area contributed by atoms with Crippen LogP contribution in [0.15, 0.2) is 0 Å². The van der Waals surface area contributed by atoms with Gasteiger partial charge in [0.05, 0.1) is 6.54 Å². The first kappa shape index (κ1) is 15.7. The third-order valence-corrected chi connectivity index (χ3v) is 3.20. The van der Waals surface area contributed by atoms with E-state index in [1.165, 1.54) is 0 Å². The zero-order valence-electron chi connectivity index (χ0n) is 10.4. The number of aliphatic carboxylic acids is 1. The van der Waals surface area contributed by atoms with Crippen molar-refractivity contribution in [2.24, 2.45) is 0 Å². The van der Waals surface area contributed by atoms with Crippen LogP contribution in [0.4, 0.5) is 13.2 Å². The van der Waals surface area contributed by atoms with Gasteiger partial charge in [0.2, 0.25) is 0 Å². The molecule has 6 nitrogen and oxygen atoms in total. The fourth-order valence-corrected chi connectivity index (χ4v) is 2.10. The monoisotopic (exact) mass is 285 g/mol. The molecule has 0 spiro atoms. The molecule has 0 aromatic carbocycles. The highest BCUT2D eigenvalue weighted by atomic mass is 19.4. The van der Waals surface area contributed by atoms with Crippen LogP contribution in [0.25, 0.3) is 0 Å². The van der Waals surface area contributed by atoms with Crippen molar-refractivity contribution in [1.29, 1.82) is 0 Å². The average Bonchev–Trinajstić information content (AvgIpc) is 2.35. The number of carbonyl (C=O) groups excluding carboxylic acids is 1. The molecule has 1 rings (SSSR count). The van der Waals surface area contributed by atoms with Gasteiger partial charge in [-0.25, -0.2) is 4.79 Å². The molecule has 0 aromatic rings. The Morgan fingerprint density at radius 1 is 1.37 bits per heavy atom. The molecule has 1 heterocycles. The summed E-state index contributed by atoms with van der Waals surface area (Å²) in [5.74, 6) is -3.34. The number of alkyl halides is 3. The number of carboxylic acids is 1. The second-order valence-electron chi connectivity index (χ2n) is 4.12. The van der Waals surface area contributed by atoms with Gasteiger partial charge in [-0.05, 0) is 0 Å². The van der Waals surface area contributed by atoms with Crippen molar-refractivity contribution in [3.05, 3.63) is 0 Å². The average molecular weight is 285 g/mol. The van der Waals surface area contributed by atoms with Gasteiger partial charge in [0.25, 0.3) is 0 Å². The van der Waals surface area contributed by atoms with Crippen molar-refractivity contribution in [2.45, 2.75) is 24.3 Å². The first-order valence-corrected chi connectivity index (χ1v) is 5.36. The molecule has 1 saturated heterocycles. The highest BCUT2D eigenvalue weighted by Gasteiger charge is 2.54. The van der Waals surface area contributed by atoms with Crippen LogP contribution in [-0.4, -0.2) is 67.1 Å². The van der Waals surface area contributed by atoms with Crippen molar-refractivity contribution in [1.82, 2.24) is 4.90 Å². The number of halogens is 3. The third kappa shape index (κ3) is 2.81. The van der Waals surface area contributed by atoms with Crippen molar-refractivity contribution >= 4 is 11.9 Å². The molecular weight excluding hydrogens is 271 g/mol. The van der Waals surface area contributed by atoms with Gasteiger partial charge in [0.15, 0.2) is 5.60 Å². The standard InChI is InChI=1S/C10H14F3NO5/c1-18-6-5-14(7(15)10(11,12)13)4-3-9(6,19-2)8(16)17/h6H,3-5H2,1-2H3,(H,16,17)/t6-,9+/m1/s1. The van der Waals surface area contributed by atoms with Gasteiger partial charge >= 0.3 is 18.1 Å². The minimum atomic E-state index is -4.99. The Bertz CT molecular complexity index is 373. The zero-order chi connectivity index (χ0) is 14.8. The van der Waals surface area contributed by atoms with E-state index >= 15 is 0 Å². The third-order valence-electron chi connectivity index (χ3n) is 3.20. The molecule has 0 aromatic heterocycles. The Labute approximate surface area is 107 Å². The summed E-state index contributed by atoms with van der Waals surface area (Å²) in [5, 5.41) is 9.14. The Morgan fingerprint density at radius 3 is 2.32 bits per heavy atom. The Hall–Kier alpha value is -1.35. The number of rotatable bonds is 3. The number of likely N-dealkylation sites (tertiary alicyclic amines) is 1. The number of piperidine rings is 1. The molecule has 0 bridgehead atoms. The number of carboxylic acid groups (broad SMARTS) is 1. The van der Waals surface area contributed by atoms with E-state index in [1.807, 2.05) is 0 Å². The maximum atomic E-state index is 12.3. The van der Waals surface area contributed by atoms with Gasteiger partial charge in [-0.1, -0.05) is 0 Å². The van der Waals surface area contributed by atoms with Gasteiger partial charge in [0, 0.05) is 27.2 Å². The fourth-order valence-electron chi connectivity index (χ4n) is 2.10. The van der Waals surface area contributed by atoms with Crippen molar-refractivity contribution in [2.75, 3.05) is 27.3 Å². The van der Waals surface area contributed by atoms with Crippen LogP contribution in [0.5, 0.6) is 0 Å². The van der Waals surface area contributed by atoms with Gasteiger partial charge in [-0.15, -0.1) is 0 Å². The largest absolute Gasteiger partial charge is 0.479 e. The van der Waals surface area contributed by atoms with Crippen LogP contribution >= 0.6 is 0 Å². The molecule has 0 radical (unpaired) electrons. The van der Waals surface area contributed by atoms with Crippen molar-refractivity contribution < 1.29 is 37.3 Å². The van der Waals surface area contributed by atoms with Gasteiger partial charge in [0.1, 0.15) is 6.10 Å². The van der Waals surface area contributed by atoms with Gasteiger partial charge < -0.3 is 19.5 Å². The van der Waals surface area contributed by atoms with E-state index in [9.17, 15) is 22.8 Å². The molecular formula is C10H14F3NO5. The summed E-state index contributed by atoms with van der Waals surface area (Å²) >= 11 is 0. The van der Waals surface area contributed by atoms with Crippen LogP contribution in [0.1, 0.15) is 6.42 Å². The minimum Gasteiger partial charge on any atom is -0.479 e. The Morgan fingerprint density at radius 2 is 1.95 bits per heavy atom. The number of methoxy groups -OCH3 is 2. The lowest BCUT2D eigenvalue weighted by Crippen LogP contribution is -2.63. The molecule has 1 fully saturated rings. The SMILES string of the molecule is CO[C@@H]1CN(C(=O)C(F)(F)F)CC[C@@]1(OC)C(=O)O. The summed E-state index contributed by atoms with van der Waals surface area (Å²) in [6, 6.07) is 0. The lowest BCUT2D eigenvalue weighted by Gasteiger charge is -2.43. The first-order chi connectivity index (χ1) is 8.69.